The molecule has 0 saturated carbocycles. The van der Waals surface area contributed by atoms with E-state index in [1.165, 1.54) is 7.11 Å². The normalized spacial score (nSPS) is 35.1. The second-order valence-electron chi connectivity index (χ2n) is 5.80. The first-order valence-corrected chi connectivity index (χ1v) is 7.87. The monoisotopic (exact) mass is 363 g/mol. The Bertz CT molecular complexity index is 703. The number of hydrogen-bond acceptors (Lipinski definition) is 4. The zero-order chi connectivity index (χ0) is 15.5. The van der Waals surface area contributed by atoms with E-state index in [0.29, 0.717) is 6.54 Å². The van der Waals surface area contributed by atoms with Gasteiger partial charge >= 0.3 is 5.97 Å². The van der Waals surface area contributed by atoms with Crippen molar-refractivity contribution in [1.29, 1.82) is 0 Å². The highest BCUT2D eigenvalue weighted by molar-refractivity contribution is 9.10. The topological polar surface area (TPSA) is 55.8 Å². The van der Waals surface area contributed by atoms with Crippen molar-refractivity contribution in [2.24, 2.45) is 11.8 Å². The van der Waals surface area contributed by atoms with Crippen molar-refractivity contribution < 1.29 is 19.1 Å². The van der Waals surface area contributed by atoms with E-state index in [2.05, 4.69) is 15.9 Å². The summed E-state index contributed by atoms with van der Waals surface area (Å²) < 4.78 is 11.7. The third-order valence-electron chi connectivity index (χ3n) is 4.72. The van der Waals surface area contributed by atoms with Gasteiger partial charge in [-0.2, -0.15) is 0 Å². The van der Waals surface area contributed by atoms with Gasteiger partial charge < -0.3 is 14.4 Å². The maximum atomic E-state index is 12.9. The van der Waals surface area contributed by atoms with Crippen molar-refractivity contribution >= 4 is 33.5 Å². The Kier molecular flexibility index (Phi) is 2.96. The number of carbonyl (C=O) groups is 2. The third kappa shape index (κ3) is 1.68. The lowest BCUT2D eigenvalue weighted by molar-refractivity contribution is -0.149. The predicted molar refractivity (Wildman–Crippen MR) is 82.2 cm³/mol. The van der Waals surface area contributed by atoms with Crippen molar-refractivity contribution in [2.45, 2.75) is 11.7 Å². The number of para-hydroxylation sites is 1. The summed E-state index contributed by atoms with van der Waals surface area (Å²) >= 11 is 3.48. The number of hydrogen-bond donors (Lipinski definition) is 0. The molecule has 2 saturated heterocycles. The Balaban J connectivity index is 1.75. The maximum Gasteiger partial charge on any atom is 0.312 e. The van der Waals surface area contributed by atoms with Gasteiger partial charge in [-0.3, -0.25) is 9.59 Å². The first-order valence-electron chi connectivity index (χ1n) is 7.08. The molecular weight excluding hydrogens is 350 g/mol. The highest BCUT2D eigenvalue weighted by atomic mass is 79.9. The van der Waals surface area contributed by atoms with Gasteiger partial charge in [0.1, 0.15) is 11.5 Å². The smallest absolute Gasteiger partial charge is 0.312 e. The number of methoxy groups -OCH3 is 1. The second kappa shape index (κ2) is 4.67. The van der Waals surface area contributed by atoms with Crippen molar-refractivity contribution in [3.8, 4) is 0 Å². The predicted octanol–water partition coefficient (Wildman–Crippen LogP) is 1.91. The van der Waals surface area contributed by atoms with E-state index in [-0.39, 0.29) is 18.0 Å². The number of carbonyl (C=O) groups excluding carboxylic acids is 2. The molecule has 0 aliphatic carbocycles. The molecule has 114 valence electrons. The molecule has 0 unspecified atom stereocenters. The molecular formula is C16H14BrNO4. The molecule has 3 heterocycles. The van der Waals surface area contributed by atoms with Crippen molar-refractivity contribution in [3.63, 3.8) is 0 Å². The zero-order valence-corrected chi connectivity index (χ0v) is 13.4. The molecule has 0 N–H and O–H groups in total. The Morgan fingerprint density at radius 3 is 2.95 bits per heavy atom. The van der Waals surface area contributed by atoms with Crippen LogP contribution in [-0.2, 0) is 19.1 Å². The lowest BCUT2D eigenvalue weighted by Gasteiger charge is -2.22. The first-order chi connectivity index (χ1) is 10.6. The largest absolute Gasteiger partial charge is 0.469 e. The van der Waals surface area contributed by atoms with Crippen LogP contribution in [0.15, 0.2) is 40.9 Å². The average molecular weight is 364 g/mol. The molecule has 2 bridgehead atoms. The molecule has 3 aliphatic heterocycles. The van der Waals surface area contributed by atoms with E-state index in [1.807, 2.05) is 36.4 Å². The molecule has 1 aromatic carbocycles. The fourth-order valence-corrected chi connectivity index (χ4v) is 4.28. The second-order valence-corrected chi connectivity index (χ2v) is 6.65. The van der Waals surface area contributed by atoms with Gasteiger partial charge in [0.05, 0.1) is 31.4 Å². The molecule has 3 aliphatic rings. The van der Waals surface area contributed by atoms with Crippen LogP contribution in [0.3, 0.4) is 0 Å². The highest BCUT2D eigenvalue weighted by Crippen LogP contribution is 2.53. The van der Waals surface area contributed by atoms with E-state index in [1.54, 1.807) is 4.90 Å². The summed E-state index contributed by atoms with van der Waals surface area (Å²) in [6.07, 6.45) is 3.44. The first kappa shape index (κ1) is 14.0. The minimum Gasteiger partial charge on any atom is -0.469 e. The van der Waals surface area contributed by atoms with Crippen LogP contribution in [0.25, 0.3) is 0 Å². The van der Waals surface area contributed by atoms with Gasteiger partial charge in [-0.1, -0.05) is 24.3 Å². The van der Waals surface area contributed by atoms with E-state index < -0.39 is 17.4 Å². The zero-order valence-electron chi connectivity index (χ0n) is 11.9. The molecule has 1 amide bonds. The van der Waals surface area contributed by atoms with Gasteiger partial charge in [0.25, 0.3) is 0 Å². The Morgan fingerprint density at radius 2 is 2.23 bits per heavy atom. The van der Waals surface area contributed by atoms with Gasteiger partial charge in [0.15, 0.2) is 0 Å². The van der Waals surface area contributed by atoms with E-state index >= 15 is 0 Å². The summed E-state index contributed by atoms with van der Waals surface area (Å²) in [7, 11) is 1.34. The Morgan fingerprint density at radius 1 is 1.45 bits per heavy atom. The quantitative estimate of drug-likeness (QED) is 0.594. The summed E-state index contributed by atoms with van der Waals surface area (Å²) in [5.41, 5.74) is 0.0796. The van der Waals surface area contributed by atoms with Gasteiger partial charge in [-0.15, -0.1) is 0 Å². The van der Waals surface area contributed by atoms with Gasteiger partial charge in [-0.05, 0) is 28.1 Å². The number of esters is 1. The number of anilines is 1. The van der Waals surface area contributed by atoms with Crippen molar-refractivity contribution in [3.05, 3.63) is 40.9 Å². The summed E-state index contributed by atoms with van der Waals surface area (Å²) in [6.45, 7) is 0.416. The molecule has 1 spiro atoms. The van der Waals surface area contributed by atoms with E-state index in [9.17, 15) is 9.59 Å². The minimum absolute atomic E-state index is 0.0887. The van der Waals surface area contributed by atoms with Crippen LogP contribution in [-0.4, -0.2) is 37.2 Å². The van der Waals surface area contributed by atoms with Gasteiger partial charge in [-0.25, -0.2) is 0 Å². The molecule has 5 nitrogen and oxygen atoms in total. The molecule has 1 aromatic rings. The molecule has 4 rings (SSSR count). The fraction of sp³-hybridized carbons (Fsp3) is 0.375. The van der Waals surface area contributed by atoms with Crippen LogP contribution in [0.4, 0.5) is 5.69 Å². The van der Waals surface area contributed by atoms with Crippen LogP contribution >= 0.6 is 15.9 Å². The SMILES string of the molecule is COC(=O)[C@@H]1[C@H]2C(=O)N(c3ccccc3Br)C[C@]23C=C[C@H]1O3. The Labute approximate surface area is 136 Å². The lowest BCUT2D eigenvalue weighted by Crippen LogP contribution is -2.39. The number of amides is 1. The summed E-state index contributed by atoms with van der Waals surface area (Å²) in [5.74, 6) is -1.55. The molecule has 22 heavy (non-hydrogen) atoms. The fourth-order valence-electron chi connectivity index (χ4n) is 3.78. The number of ether oxygens (including phenoxy) is 2. The summed E-state index contributed by atoms with van der Waals surface area (Å²) in [4.78, 5) is 26.7. The number of benzene rings is 1. The van der Waals surface area contributed by atoms with Crippen LogP contribution in [0.2, 0.25) is 0 Å². The summed E-state index contributed by atoms with van der Waals surface area (Å²) in [6, 6.07) is 7.54. The molecule has 4 atom stereocenters. The van der Waals surface area contributed by atoms with E-state index in [4.69, 9.17) is 9.47 Å². The standard InChI is InChI=1S/C16H14BrNO4/c1-21-15(20)12-11-6-7-16(22-11)8-18(14(19)13(12)16)10-5-3-2-4-9(10)17/h2-7,11-13H,8H2,1H3/t11-,12+,13+,16-/m1/s1. The number of fused-ring (bicyclic) bond motifs is 1. The molecule has 6 heteroatoms. The summed E-state index contributed by atoms with van der Waals surface area (Å²) in [5, 5.41) is 0. The molecule has 2 fully saturated rings. The molecule has 0 radical (unpaired) electrons. The number of nitrogens with zero attached hydrogens (tertiary/aromatic N) is 1. The van der Waals surface area contributed by atoms with Crippen LogP contribution in [0.1, 0.15) is 0 Å². The van der Waals surface area contributed by atoms with Crippen molar-refractivity contribution in [1.82, 2.24) is 0 Å². The number of rotatable bonds is 2. The average Bonchev–Trinajstić information content (AvgIpc) is 3.15. The molecule has 0 aromatic heterocycles. The number of halogens is 1. The van der Waals surface area contributed by atoms with Crippen molar-refractivity contribution in [2.75, 3.05) is 18.6 Å². The van der Waals surface area contributed by atoms with Gasteiger partial charge in [0.2, 0.25) is 5.91 Å². The van der Waals surface area contributed by atoms with Crippen LogP contribution in [0.5, 0.6) is 0 Å². The third-order valence-corrected chi connectivity index (χ3v) is 5.39. The van der Waals surface area contributed by atoms with Gasteiger partial charge in [0, 0.05) is 4.47 Å². The minimum atomic E-state index is -0.712. The lowest BCUT2D eigenvalue weighted by atomic mass is 9.77. The van der Waals surface area contributed by atoms with Crippen LogP contribution < -0.4 is 4.90 Å². The van der Waals surface area contributed by atoms with E-state index in [0.717, 1.165) is 10.2 Å². The van der Waals surface area contributed by atoms with Crippen LogP contribution in [0, 0.1) is 11.8 Å². The highest BCUT2D eigenvalue weighted by Gasteiger charge is 2.67. The Hall–Kier alpha value is -1.66. The maximum absolute atomic E-state index is 12.9.